The van der Waals surface area contributed by atoms with E-state index in [1.807, 2.05) is 18.9 Å². The molecule has 7 heteroatoms. The van der Waals surface area contributed by atoms with Crippen LogP contribution in [-0.4, -0.2) is 71.9 Å². The highest BCUT2D eigenvalue weighted by Crippen LogP contribution is 2.11. The number of aromatic nitrogens is 2. The Kier molecular flexibility index (Phi) is 5.08. The van der Waals surface area contributed by atoms with Gasteiger partial charge in [0.1, 0.15) is 5.69 Å². The third-order valence-corrected chi connectivity index (χ3v) is 3.68. The van der Waals surface area contributed by atoms with Crippen molar-refractivity contribution in [2.45, 2.75) is 19.5 Å². The zero-order valence-corrected chi connectivity index (χ0v) is 12.8. The number of ether oxygens (including phenoxy) is 1. The number of methoxy groups -OCH3 is 1. The first kappa shape index (κ1) is 15.7. The number of likely N-dealkylation sites (N-methyl/N-ethyl adjacent to an activating group) is 1. The van der Waals surface area contributed by atoms with E-state index < -0.39 is 0 Å². The van der Waals surface area contributed by atoms with Crippen molar-refractivity contribution in [3.8, 4) is 0 Å². The summed E-state index contributed by atoms with van der Waals surface area (Å²) >= 11 is 0. The van der Waals surface area contributed by atoms with Crippen LogP contribution in [0.25, 0.3) is 0 Å². The van der Waals surface area contributed by atoms with Crippen LogP contribution in [0.1, 0.15) is 17.4 Å². The number of carbonyl (C=O) groups is 1. The molecule has 1 aromatic rings. The van der Waals surface area contributed by atoms with Crippen molar-refractivity contribution in [3.05, 3.63) is 28.2 Å². The van der Waals surface area contributed by atoms with Gasteiger partial charge in [0, 0.05) is 38.9 Å². The molecule has 2 rings (SSSR count). The number of carbonyl (C=O) groups excluding carboxylic acids is 1. The maximum absolute atomic E-state index is 12.6. The van der Waals surface area contributed by atoms with E-state index in [0.29, 0.717) is 25.4 Å². The van der Waals surface area contributed by atoms with Crippen LogP contribution < -0.4 is 5.56 Å². The molecule has 1 aliphatic rings. The fourth-order valence-corrected chi connectivity index (χ4v) is 2.49. The van der Waals surface area contributed by atoms with Gasteiger partial charge in [-0.2, -0.15) is 5.10 Å². The predicted molar refractivity (Wildman–Crippen MR) is 78.4 cm³/mol. The molecule has 1 atom stereocenters. The molecular weight excluding hydrogens is 272 g/mol. The van der Waals surface area contributed by atoms with E-state index >= 15 is 0 Å². The Labute approximate surface area is 124 Å². The van der Waals surface area contributed by atoms with Crippen LogP contribution in [-0.2, 0) is 11.3 Å². The van der Waals surface area contributed by atoms with Crippen LogP contribution in [0.2, 0.25) is 0 Å². The van der Waals surface area contributed by atoms with Gasteiger partial charge in [0.25, 0.3) is 11.5 Å². The van der Waals surface area contributed by atoms with E-state index in [4.69, 9.17) is 4.74 Å². The van der Waals surface area contributed by atoms with Gasteiger partial charge in [0.05, 0.1) is 13.2 Å². The second-order valence-electron chi connectivity index (χ2n) is 5.38. The lowest BCUT2D eigenvalue weighted by molar-refractivity contribution is 0.0524. The molecule has 21 heavy (non-hydrogen) atoms. The van der Waals surface area contributed by atoms with E-state index in [0.717, 1.165) is 13.1 Å². The summed E-state index contributed by atoms with van der Waals surface area (Å²) in [4.78, 5) is 28.3. The number of amides is 1. The molecule has 0 N–H and O–H groups in total. The Balaban J connectivity index is 2.17. The molecule has 1 aromatic heterocycles. The lowest BCUT2D eigenvalue weighted by Crippen LogP contribution is -2.53. The van der Waals surface area contributed by atoms with Crippen molar-refractivity contribution in [2.24, 2.45) is 0 Å². The molecule has 0 unspecified atom stereocenters. The number of nitrogens with zero attached hydrogens (tertiary/aromatic N) is 4. The highest BCUT2D eigenvalue weighted by Gasteiger charge is 2.27. The van der Waals surface area contributed by atoms with Gasteiger partial charge in [-0.05, 0) is 20.0 Å². The molecule has 1 aliphatic heterocycles. The molecule has 0 spiro atoms. The molecule has 0 saturated carbocycles. The van der Waals surface area contributed by atoms with Crippen LogP contribution >= 0.6 is 0 Å². The Hall–Kier alpha value is -1.73. The third kappa shape index (κ3) is 3.68. The van der Waals surface area contributed by atoms with E-state index in [-0.39, 0.29) is 17.5 Å². The quantitative estimate of drug-likeness (QED) is 0.760. The molecular formula is C14H22N4O3. The molecule has 7 nitrogen and oxygen atoms in total. The van der Waals surface area contributed by atoms with Crippen molar-refractivity contribution < 1.29 is 9.53 Å². The first-order valence-corrected chi connectivity index (χ1v) is 7.09. The maximum Gasteiger partial charge on any atom is 0.274 e. The fraction of sp³-hybridized carbons (Fsp3) is 0.643. The molecule has 1 saturated heterocycles. The first-order valence-electron chi connectivity index (χ1n) is 7.09. The summed E-state index contributed by atoms with van der Waals surface area (Å²) in [5.41, 5.74) is 0.0807. The lowest BCUT2D eigenvalue weighted by Gasteiger charge is -2.38. The largest absolute Gasteiger partial charge is 0.383 e. The van der Waals surface area contributed by atoms with Gasteiger partial charge in [-0.25, -0.2) is 4.68 Å². The standard InChI is InChI=1S/C14H22N4O3/c1-11-10-16(2)6-7-17(11)14(20)12-4-5-13(19)18(15-12)8-9-21-3/h4-5,11H,6-10H2,1-3H3/t11-/m1/s1. The number of hydrogen-bond acceptors (Lipinski definition) is 5. The summed E-state index contributed by atoms with van der Waals surface area (Å²) in [6, 6.07) is 3.02. The molecule has 0 radical (unpaired) electrons. The highest BCUT2D eigenvalue weighted by molar-refractivity contribution is 5.92. The van der Waals surface area contributed by atoms with Gasteiger partial charge in [-0.3, -0.25) is 9.59 Å². The van der Waals surface area contributed by atoms with Crippen molar-refractivity contribution in [3.63, 3.8) is 0 Å². The average molecular weight is 294 g/mol. The third-order valence-electron chi connectivity index (χ3n) is 3.68. The van der Waals surface area contributed by atoms with Gasteiger partial charge >= 0.3 is 0 Å². The summed E-state index contributed by atoms with van der Waals surface area (Å²) in [7, 11) is 3.60. The van der Waals surface area contributed by atoms with Crippen molar-refractivity contribution in [1.82, 2.24) is 19.6 Å². The second kappa shape index (κ2) is 6.82. The van der Waals surface area contributed by atoms with Crippen LogP contribution in [0.5, 0.6) is 0 Å². The Morgan fingerprint density at radius 2 is 2.19 bits per heavy atom. The van der Waals surface area contributed by atoms with E-state index in [1.165, 1.54) is 16.8 Å². The average Bonchev–Trinajstić information content (AvgIpc) is 2.46. The minimum absolute atomic E-state index is 0.123. The summed E-state index contributed by atoms with van der Waals surface area (Å²) in [6.07, 6.45) is 0. The summed E-state index contributed by atoms with van der Waals surface area (Å²) < 4.78 is 6.22. The SMILES string of the molecule is COCCn1nc(C(=O)N2CCN(C)C[C@H]2C)ccc1=O. The van der Waals surface area contributed by atoms with Gasteiger partial charge < -0.3 is 14.5 Å². The lowest BCUT2D eigenvalue weighted by atomic mass is 10.2. The molecule has 1 fully saturated rings. The Bertz CT molecular complexity index is 557. The summed E-state index contributed by atoms with van der Waals surface area (Å²) in [5, 5.41) is 4.16. The van der Waals surface area contributed by atoms with E-state index in [1.54, 1.807) is 7.11 Å². The van der Waals surface area contributed by atoms with Crippen LogP contribution in [0, 0.1) is 0 Å². The van der Waals surface area contributed by atoms with Crippen LogP contribution in [0.4, 0.5) is 0 Å². The Morgan fingerprint density at radius 3 is 2.86 bits per heavy atom. The molecule has 0 bridgehead atoms. The fourth-order valence-electron chi connectivity index (χ4n) is 2.49. The summed E-state index contributed by atoms with van der Waals surface area (Å²) in [6.45, 7) is 5.11. The Morgan fingerprint density at radius 1 is 1.43 bits per heavy atom. The summed E-state index contributed by atoms with van der Waals surface area (Å²) in [5.74, 6) is -0.123. The van der Waals surface area contributed by atoms with Gasteiger partial charge in [-0.15, -0.1) is 0 Å². The maximum atomic E-state index is 12.6. The minimum Gasteiger partial charge on any atom is -0.383 e. The number of rotatable bonds is 4. The van der Waals surface area contributed by atoms with E-state index in [9.17, 15) is 9.59 Å². The topological polar surface area (TPSA) is 67.7 Å². The van der Waals surface area contributed by atoms with Gasteiger partial charge in [0.2, 0.25) is 0 Å². The van der Waals surface area contributed by atoms with Gasteiger partial charge in [0.15, 0.2) is 0 Å². The van der Waals surface area contributed by atoms with Crippen molar-refractivity contribution in [1.29, 1.82) is 0 Å². The monoisotopic (exact) mass is 294 g/mol. The van der Waals surface area contributed by atoms with Crippen LogP contribution in [0.3, 0.4) is 0 Å². The van der Waals surface area contributed by atoms with E-state index in [2.05, 4.69) is 10.00 Å². The smallest absolute Gasteiger partial charge is 0.274 e. The first-order chi connectivity index (χ1) is 10.0. The van der Waals surface area contributed by atoms with Gasteiger partial charge in [-0.1, -0.05) is 0 Å². The second-order valence-corrected chi connectivity index (χ2v) is 5.38. The van der Waals surface area contributed by atoms with Crippen molar-refractivity contribution in [2.75, 3.05) is 40.4 Å². The predicted octanol–water partition coefficient (Wildman–Crippen LogP) is -0.334. The molecule has 2 heterocycles. The van der Waals surface area contributed by atoms with Crippen LogP contribution in [0.15, 0.2) is 16.9 Å². The normalized spacial score (nSPS) is 19.8. The molecule has 0 aromatic carbocycles. The molecule has 116 valence electrons. The van der Waals surface area contributed by atoms with Crippen molar-refractivity contribution >= 4 is 5.91 Å². The zero-order chi connectivity index (χ0) is 15.4. The molecule has 1 amide bonds. The number of piperazine rings is 1. The minimum atomic E-state index is -0.227. The zero-order valence-electron chi connectivity index (χ0n) is 12.8. The highest BCUT2D eigenvalue weighted by atomic mass is 16.5. The molecule has 0 aliphatic carbocycles. The number of hydrogen-bond donors (Lipinski definition) is 0.